The van der Waals surface area contributed by atoms with Gasteiger partial charge < -0.3 is 10.6 Å². The molecule has 0 aromatic heterocycles. The van der Waals surface area contributed by atoms with Crippen LogP contribution in [0.25, 0.3) is 0 Å². The zero-order valence-electron chi connectivity index (χ0n) is 9.75. The summed E-state index contributed by atoms with van der Waals surface area (Å²) in [7, 11) is 1.83. The average molecular weight is 343 g/mol. The van der Waals surface area contributed by atoms with Gasteiger partial charge in [0.25, 0.3) is 0 Å². The van der Waals surface area contributed by atoms with Gasteiger partial charge in [-0.2, -0.15) is 11.8 Å². The molecule has 0 aliphatic heterocycles. The van der Waals surface area contributed by atoms with Crippen LogP contribution in [0, 0.1) is 5.92 Å². The molecular weight excluding hydrogens is 321 g/mol. The van der Waals surface area contributed by atoms with Crippen LogP contribution < -0.4 is 10.6 Å². The molecule has 0 aromatic carbocycles. The molecule has 1 saturated carbocycles. The zero-order chi connectivity index (χ0) is 10.4. The minimum atomic E-state index is 0. The Kier molecular flexibility index (Phi) is 8.69. The maximum absolute atomic E-state index is 4.19. The van der Waals surface area contributed by atoms with Crippen molar-refractivity contribution in [1.82, 2.24) is 10.6 Å². The van der Waals surface area contributed by atoms with E-state index in [0.29, 0.717) is 6.04 Å². The lowest BCUT2D eigenvalue weighted by atomic mass is 10.4. The van der Waals surface area contributed by atoms with Crippen molar-refractivity contribution < 1.29 is 0 Å². The molecule has 5 heteroatoms. The summed E-state index contributed by atoms with van der Waals surface area (Å²) >= 11 is 1.89. The van der Waals surface area contributed by atoms with Gasteiger partial charge in [0.1, 0.15) is 0 Å². The molecule has 0 heterocycles. The van der Waals surface area contributed by atoms with Gasteiger partial charge in [0.15, 0.2) is 5.96 Å². The van der Waals surface area contributed by atoms with Crippen molar-refractivity contribution >= 4 is 41.7 Å². The lowest BCUT2D eigenvalue weighted by molar-refractivity contribution is 0.753. The summed E-state index contributed by atoms with van der Waals surface area (Å²) in [5.74, 6) is 2.99. The van der Waals surface area contributed by atoms with Crippen LogP contribution >= 0.6 is 35.7 Å². The molecule has 1 fully saturated rings. The third-order valence-electron chi connectivity index (χ3n) is 2.47. The highest BCUT2D eigenvalue weighted by Gasteiger charge is 2.32. The maximum Gasteiger partial charge on any atom is 0.191 e. The van der Waals surface area contributed by atoms with Crippen molar-refractivity contribution in [3.63, 3.8) is 0 Å². The molecule has 2 unspecified atom stereocenters. The number of nitrogens with one attached hydrogen (secondary N) is 2. The highest BCUT2D eigenvalue weighted by atomic mass is 127. The van der Waals surface area contributed by atoms with Gasteiger partial charge in [-0.25, -0.2) is 0 Å². The van der Waals surface area contributed by atoms with E-state index in [1.165, 1.54) is 18.6 Å². The van der Waals surface area contributed by atoms with Gasteiger partial charge in [-0.3, -0.25) is 4.99 Å². The van der Waals surface area contributed by atoms with E-state index in [0.717, 1.165) is 18.4 Å². The Hall–Kier alpha value is 0.350. The zero-order valence-corrected chi connectivity index (χ0v) is 12.9. The lowest BCUT2D eigenvalue weighted by Gasteiger charge is -2.10. The highest BCUT2D eigenvalue weighted by Crippen LogP contribution is 2.28. The minimum Gasteiger partial charge on any atom is -0.356 e. The van der Waals surface area contributed by atoms with E-state index >= 15 is 0 Å². The van der Waals surface area contributed by atoms with Crippen molar-refractivity contribution in [1.29, 1.82) is 0 Å². The molecule has 2 N–H and O–H groups in total. The molecule has 0 amide bonds. The molecule has 0 radical (unpaired) electrons. The van der Waals surface area contributed by atoms with Crippen LogP contribution in [0.3, 0.4) is 0 Å². The van der Waals surface area contributed by atoms with Crippen LogP contribution in [0.15, 0.2) is 4.99 Å². The van der Waals surface area contributed by atoms with Gasteiger partial charge in [0.05, 0.1) is 0 Å². The van der Waals surface area contributed by atoms with E-state index in [1.807, 2.05) is 18.8 Å². The van der Waals surface area contributed by atoms with Gasteiger partial charge in [0, 0.05) is 19.6 Å². The van der Waals surface area contributed by atoms with Crippen molar-refractivity contribution in [2.45, 2.75) is 25.8 Å². The Bertz CT molecular complexity index is 199. The summed E-state index contributed by atoms with van der Waals surface area (Å²) in [6.45, 7) is 3.28. The molecule has 1 rings (SSSR count). The number of halogens is 1. The quantitative estimate of drug-likeness (QED) is 0.347. The fraction of sp³-hybridized carbons (Fsp3) is 0.900. The molecule has 0 aromatic rings. The number of guanidine groups is 1. The standard InChI is InChI=1S/C10H21N3S.HI/c1-8-7-9(8)13-10(11-2)12-5-4-6-14-3;/h8-9H,4-7H2,1-3H3,(H2,11,12,13);1H. The number of aliphatic imine (C=N–C) groups is 1. The average Bonchev–Trinajstić information content (AvgIpc) is 2.87. The van der Waals surface area contributed by atoms with Gasteiger partial charge in [-0.1, -0.05) is 6.92 Å². The molecule has 1 aliphatic rings. The van der Waals surface area contributed by atoms with Crippen molar-refractivity contribution in [2.75, 3.05) is 25.6 Å². The van der Waals surface area contributed by atoms with Crippen molar-refractivity contribution in [3.05, 3.63) is 0 Å². The van der Waals surface area contributed by atoms with E-state index in [2.05, 4.69) is 28.8 Å². The Morgan fingerprint density at radius 2 is 2.20 bits per heavy atom. The maximum atomic E-state index is 4.19. The molecule has 90 valence electrons. The van der Waals surface area contributed by atoms with Crippen LogP contribution in [0.4, 0.5) is 0 Å². The second kappa shape index (κ2) is 8.50. The van der Waals surface area contributed by atoms with E-state index in [1.54, 1.807) is 0 Å². The summed E-state index contributed by atoms with van der Waals surface area (Å²) in [5, 5.41) is 6.72. The number of thioether (sulfide) groups is 1. The summed E-state index contributed by atoms with van der Waals surface area (Å²) in [4.78, 5) is 4.19. The first kappa shape index (κ1) is 15.3. The highest BCUT2D eigenvalue weighted by molar-refractivity contribution is 14.0. The van der Waals surface area contributed by atoms with Gasteiger partial charge in [-0.15, -0.1) is 24.0 Å². The Morgan fingerprint density at radius 1 is 1.53 bits per heavy atom. The molecule has 0 saturated heterocycles. The van der Waals surface area contributed by atoms with Crippen LogP contribution in [0.5, 0.6) is 0 Å². The first-order valence-corrected chi connectivity index (χ1v) is 6.63. The monoisotopic (exact) mass is 343 g/mol. The second-order valence-corrected chi connectivity index (χ2v) is 4.79. The van der Waals surface area contributed by atoms with Gasteiger partial charge in [0.2, 0.25) is 0 Å². The van der Waals surface area contributed by atoms with Crippen LogP contribution in [0.2, 0.25) is 0 Å². The molecule has 2 atom stereocenters. The fourth-order valence-corrected chi connectivity index (χ4v) is 1.75. The topological polar surface area (TPSA) is 36.4 Å². The van der Waals surface area contributed by atoms with Crippen LogP contribution in [-0.4, -0.2) is 37.6 Å². The van der Waals surface area contributed by atoms with E-state index in [-0.39, 0.29) is 24.0 Å². The Labute approximate surface area is 114 Å². The van der Waals surface area contributed by atoms with Crippen molar-refractivity contribution in [2.24, 2.45) is 10.9 Å². The lowest BCUT2D eigenvalue weighted by Crippen LogP contribution is -2.39. The summed E-state index contributed by atoms with van der Waals surface area (Å²) < 4.78 is 0. The van der Waals surface area contributed by atoms with Gasteiger partial charge >= 0.3 is 0 Å². The van der Waals surface area contributed by atoms with Crippen molar-refractivity contribution in [3.8, 4) is 0 Å². The predicted molar refractivity (Wildman–Crippen MR) is 80.5 cm³/mol. The normalized spacial score (nSPS) is 24.3. The largest absolute Gasteiger partial charge is 0.356 e. The second-order valence-electron chi connectivity index (χ2n) is 3.81. The van der Waals surface area contributed by atoms with E-state index in [9.17, 15) is 0 Å². The first-order valence-electron chi connectivity index (χ1n) is 5.24. The van der Waals surface area contributed by atoms with Gasteiger partial charge in [-0.05, 0) is 30.8 Å². The smallest absolute Gasteiger partial charge is 0.191 e. The van der Waals surface area contributed by atoms with E-state index < -0.39 is 0 Å². The summed E-state index contributed by atoms with van der Waals surface area (Å²) in [6.07, 6.45) is 4.62. The first-order chi connectivity index (χ1) is 6.77. The predicted octanol–water partition coefficient (Wildman–Crippen LogP) is 1.93. The van der Waals surface area contributed by atoms with E-state index in [4.69, 9.17) is 0 Å². The molecule has 1 aliphatic carbocycles. The third-order valence-corrected chi connectivity index (χ3v) is 3.17. The van der Waals surface area contributed by atoms with Crippen LogP contribution in [-0.2, 0) is 0 Å². The number of hydrogen-bond donors (Lipinski definition) is 2. The van der Waals surface area contributed by atoms with Crippen LogP contribution in [0.1, 0.15) is 19.8 Å². The minimum absolute atomic E-state index is 0. The molecule has 0 bridgehead atoms. The Morgan fingerprint density at radius 3 is 2.67 bits per heavy atom. The molecule has 3 nitrogen and oxygen atoms in total. The fourth-order valence-electron chi connectivity index (χ4n) is 1.32. The third kappa shape index (κ3) is 6.50. The molecule has 15 heavy (non-hydrogen) atoms. The number of nitrogens with zero attached hydrogens (tertiary/aromatic N) is 1. The molecule has 0 spiro atoms. The Balaban J connectivity index is 0.00000196. The summed E-state index contributed by atoms with van der Waals surface area (Å²) in [6, 6.07) is 0.654. The molecular formula is C10H22IN3S. The summed E-state index contributed by atoms with van der Waals surface area (Å²) in [5.41, 5.74) is 0. The number of rotatable bonds is 5. The number of hydrogen-bond acceptors (Lipinski definition) is 2. The SMILES string of the molecule is CN=C(NCCCSC)NC1CC1C.I.